The SMILES string of the molecule is Cc1ccc2nc(C(C)(C)N3CCNCC3)nn2c1. The van der Waals surface area contributed by atoms with Crippen molar-refractivity contribution >= 4 is 5.65 Å². The molecule has 0 saturated carbocycles. The highest BCUT2D eigenvalue weighted by molar-refractivity contribution is 5.39. The van der Waals surface area contributed by atoms with Crippen LogP contribution < -0.4 is 5.32 Å². The van der Waals surface area contributed by atoms with Gasteiger partial charge in [0.05, 0.1) is 5.54 Å². The van der Waals surface area contributed by atoms with Gasteiger partial charge in [-0.1, -0.05) is 6.07 Å². The zero-order valence-corrected chi connectivity index (χ0v) is 11.8. The fourth-order valence-electron chi connectivity index (χ4n) is 2.61. The summed E-state index contributed by atoms with van der Waals surface area (Å²) in [7, 11) is 0. The first-order chi connectivity index (χ1) is 9.07. The number of rotatable bonds is 2. The molecule has 2 aromatic rings. The van der Waals surface area contributed by atoms with E-state index in [0.717, 1.165) is 37.7 Å². The van der Waals surface area contributed by atoms with Crippen molar-refractivity contribution in [2.45, 2.75) is 26.3 Å². The van der Waals surface area contributed by atoms with E-state index in [2.05, 4.69) is 42.2 Å². The Morgan fingerprint density at radius 2 is 1.95 bits per heavy atom. The maximum Gasteiger partial charge on any atom is 0.171 e. The zero-order chi connectivity index (χ0) is 13.5. The van der Waals surface area contributed by atoms with Crippen LogP contribution in [0.3, 0.4) is 0 Å². The van der Waals surface area contributed by atoms with E-state index in [1.165, 1.54) is 5.56 Å². The third-order valence-corrected chi connectivity index (χ3v) is 3.93. The molecule has 1 aliphatic heterocycles. The molecular formula is C14H21N5. The number of nitrogens with one attached hydrogen (secondary N) is 1. The molecule has 5 heteroatoms. The Labute approximate surface area is 113 Å². The van der Waals surface area contributed by atoms with E-state index < -0.39 is 0 Å². The topological polar surface area (TPSA) is 45.5 Å². The largest absolute Gasteiger partial charge is 0.314 e. The Balaban J connectivity index is 1.97. The van der Waals surface area contributed by atoms with Crippen molar-refractivity contribution in [3.05, 3.63) is 29.7 Å². The number of hydrogen-bond acceptors (Lipinski definition) is 4. The van der Waals surface area contributed by atoms with Gasteiger partial charge in [-0.05, 0) is 32.4 Å². The van der Waals surface area contributed by atoms with E-state index in [1.54, 1.807) is 0 Å². The summed E-state index contributed by atoms with van der Waals surface area (Å²) in [6, 6.07) is 4.10. The van der Waals surface area contributed by atoms with Crippen LogP contribution in [0, 0.1) is 6.92 Å². The zero-order valence-electron chi connectivity index (χ0n) is 11.8. The molecule has 0 unspecified atom stereocenters. The molecule has 0 aromatic carbocycles. The van der Waals surface area contributed by atoms with Crippen LogP contribution in [0.4, 0.5) is 0 Å². The highest BCUT2D eigenvalue weighted by Crippen LogP contribution is 2.25. The van der Waals surface area contributed by atoms with Gasteiger partial charge < -0.3 is 5.32 Å². The minimum Gasteiger partial charge on any atom is -0.314 e. The number of fused-ring (bicyclic) bond motifs is 1. The van der Waals surface area contributed by atoms with Gasteiger partial charge in [-0.3, -0.25) is 4.90 Å². The molecule has 3 rings (SSSR count). The summed E-state index contributed by atoms with van der Waals surface area (Å²) in [5.41, 5.74) is 2.00. The molecule has 0 bridgehead atoms. The fourth-order valence-corrected chi connectivity index (χ4v) is 2.61. The Morgan fingerprint density at radius 1 is 1.21 bits per heavy atom. The molecule has 102 valence electrons. The molecule has 1 N–H and O–H groups in total. The number of hydrogen-bond donors (Lipinski definition) is 1. The summed E-state index contributed by atoms with van der Waals surface area (Å²) in [5.74, 6) is 0.903. The summed E-state index contributed by atoms with van der Waals surface area (Å²) in [6.45, 7) is 10.6. The van der Waals surface area contributed by atoms with Crippen LogP contribution in [0.2, 0.25) is 0 Å². The van der Waals surface area contributed by atoms with E-state index >= 15 is 0 Å². The molecule has 1 aliphatic rings. The van der Waals surface area contributed by atoms with E-state index in [9.17, 15) is 0 Å². The predicted molar refractivity (Wildman–Crippen MR) is 75.2 cm³/mol. The van der Waals surface area contributed by atoms with Crippen LogP contribution in [0.15, 0.2) is 18.3 Å². The summed E-state index contributed by atoms with van der Waals surface area (Å²) < 4.78 is 1.88. The van der Waals surface area contributed by atoms with Crippen molar-refractivity contribution in [1.82, 2.24) is 24.8 Å². The monoisotopic (exact) mass is 259 g/mol. The third kappa shape index (κ3) is 2.24. The van der Waals surface area contributed by atoms with E-state index in [4.69, 9.17) is 4.98 Å². The van der Waals surface area contributed by atoms with Gasteiger partial charge in [0.25, 0.3) is 0 Å². The number of aryl methyl sites for hydroxylation is 1. The molecule has 1 fully saturated rings. The summed E-state index contributed by atoms with van der Waals surface area (Å²) in [4.78, 5) is 7.14. The Bertz CT molecular complexity index is 581. The first kappa shape index (κ1) is 12.6. The van der Waals surface area contributed by atoms with Crippen molar-refractivity contribution in [3.8, 4) is 0 Å². The van der Waals surface area contributed by atoms with Crippen LogP contribution in [-0.4, -0.2) is 45.7 Å². The van der Waals surface area contributed by atoms with Crippen molar-refractivity contribution < 1.29 is 0 Å². The molecular weight excluding hydrogens is 238 g/mol. The molecule has 5 nitrogen and oxygen atoms in total. The second kappa shape index (κ2) is 4.58. The molecule has 0 amide bonds. The summed E-state index contributed by atoms with van der Waals surface area (Å²) in [6.07, 6.45) is 2.03. The van der Waals surface area contributed by atoms with E-state index in [0.29, 0.717) is 0 Å². The lowest BCUT2D eigenvalue weighted by atomic mass is 10.0. The first-order valence-electron chi connectivity index (χ1n) is 6.87. The van der Waals surface area contributed by atoms with Crippen LogP contribution in [0.1, 0.15) is 25.2 Å². The van der Waals surface area contributed by atoms with E-state index in [-0.39, 0.29) is 5.54 Å². The predicted octanol–water partition coefficient (Wildman–Crippen LogP) is 1.18. The number of nitrogens with zero attached hydrogens (tertiary/aromatic N) is 4. The summed E-state index contributed by atoms with van der Waals surface area (Å²) >= 11 is 0. The Hall–Kier alpha value is -1.46. The lowest BCUT2D eigenvalue weighted by molar-refractivity contribution is 0.0950. The number of pyridine rings is 1. The normalized spacial score (nSPS) is 18.1. The Morgan fingerprint density at radius 3 is 2.68 bits per heavy atom. The first-order valence-corrected chi connectivity index (χ1v) is 6.87. The van der Waals surface area contributed by atoms with Gasteiger partial charge >= 0.3 is 0 Å². The van der Waals surface area contributed by atoms with Crippen LogP contribution in [-0.2, 0) is 5.54 Å². The van der Waals surface area contributed by atoms with Gasteiger partial charge in [0.15, 0.2) is 11.5 Å². The van der Waals surface area contributed by atoms with Crippen molar-refractivity contribution in [2.24, 2.45) is 0 Å². The van der Waals surface area contributed by atoms with Crippen LogP contribution in [0.25, 0.3) is 5.65 Å². The maximum absolute atomic E-state index is 4.69. The smallest absolute Gasteiger partial charge is 0.171 e. The van der Waals surface area contributed by atoms with Gasteiger partial charge in [-0.25, -0.2) is 9.50 Å². The van der Waals surface area contributed by atoms with Crippen LogP contribution in [0.5, 0.6) is 0 Å². The molecule has 2 aromatic heterocycles. The van der Waals surface area contributed by atoms with Crippen molar-refractivity contribution in [2.75, 3.05) is 26.2 Å². The average Bonchev–Trinajstić information content (AvgIpc) is 2.83. The Kier molecular flexibility index (Phi) is 3.03. The second-order valence-corrected chi connectivity index (χ2v) is 5.74. The molecule has 0 atom stereocenters. The minimum absolute atomic E-state index is 0.123. The minimum atomic E-state index is -0.123. The van der Waals surface area contributed by atoms with Crippen molar-refractivity contribution in [3.63, 3.8) is 0 Å². The fraction of sp³-hybridized carbons (Fsp3) is 0.571. The molecule has 1 saturated heterocycles. The molecule has 19 heavy (non-hydrogen) atoms. The number of aromatic nitrogens is 3. The van der Waals surface area contributed by atoms with Gasteiger partial charge in [-0.15, -0.1) is 5.10 Å². The highest BCUT2D eigenvalue weighted by Gasteiger charge is 2.33. The lowest BCUT2D eigenvalue weighted by Gasteiger charge is -2.39. The molecule has 0 aliphatic carbocycles. The van der Waals surface area contributed by atoms with Gasteiger partial charge in [-0.2, -0.15) is 0 Å². The maximum atomic E-state index is 4.69. The quantitative estimate of drug-likeness (QED) is 0.879. The summed E-state index contributed by atoms with van der Waals surface area (Å²) in [5, 5.41) is 8.05. The molecule has 0 radical (unpaired) electrons. The molecule has 0 spiro atoms. The average molecular weight is 259 g/mol. The highest BCUT2D eigenvalue weighted by atomic mass is 15.3. The molecule has 3 heterocycles. The van der Waals surface area contributed by atoms with Crippen molar-refractivity contribution in [1.29, 1.82) is 0 Å². The second-order valence-electron chi connectivity index (χ2n) is 5.74. The van der Waals surface area contributed by atoms with E-state index in [1.807, 2.05) is 16.8 Å². The van der Waals surface area contributed by atoms with Gasteiger partial charge in [0.1, 0.15) is 0 Å². The number of piperazine rings is 1. The van der Waals surface area contributed by atoms with Gasteiger partial charge in [0.2, 0.25) is 0 Å². The van der Waals surface area contributed by atoms with Crippen LogP contribution >= 0.6 is 0 Å². The van der Waals surface area contributed by atoms with Gasteiger partial charge in [0, 0.05) is 32.4 Å². The standard InChI is InChI=1S/C14H21N5/c1-11-4-5-12-16-13(17-19(12)10-11)14(2,3)18-8-6-15-7-9-18/h4-5,10,15H,6-9H2,1-3H3. The third-order valence-electron chi connectivity index (χ3n) is 3.93. The lowest BCUT2D eigenvalue weighted by Crippen LogP contribution is -2.52.